The topological polar surface area (TPSA) is 503 Å². The Morgan fingerprint density at radius 3 is 0.438 bits per heavy atom. The molecule has 0 saturated heterocycles. The van der Waals surface area contributed by atoms with Crippen LogP contribution in [-0.2, 0) is 61.0 Å². The number of hydrogen-bond acceptors (Lipinski definition) is 16. The summed E-state index contributed by atoms with van der Waals surface area (Å²) in [6.45, 7) is 19.9. The molecule has 0 fully saturated rings. The van der Waals surface area contributed by atoms with Crippen molar-refractivity contribution in [3.8, 4) is 46.0 Å². The van der Waals surface area contributed by atoms with Gasteiger partial charge in [-0.15, -0.1) is 0 Å². The molecule has 0 unspecified atom stereocenters. The van der Waals surface area contributed by atoms with Crippen LogP contribution in [0, 0.1) is 32.5 Å². The van der Waals surface area contributed by atoms with E-state index in [9.17, 15) is 9.59 Å². The highest BCUT2D eigenvalue weighted by molar-refractivity contribution is 5.96. The first-order valence-electron chi connectivity index (χ1n) is 46.3. The molecule has 2 amide bonds. The first-order valence-corrected chi connectivity index (χ1v) is 46.3. The van der Waals surface area contributed by atoms with Gasteiger partial charge in [-0.25, -0.2) is 0 Å². The number of carbonyl (C=O) groups excluding carboxylic acids is 2. The van der Waals surface area contributed by atoms with Crippen molar-refractivity contribution in [2.75, 3.05) is 95.4 Å². The van der Waals surface area contributed by atoms with E-state index in [1.807, 2.05) is 97.1 Å². The number of guanidine groups is 6. The first kappa shape index (κ1) is 98.9. The lowest BCUT2D eigenvalue weighted by molar-refractivity contribution is -0.118. The lowest BCUT2D eigenvalue weighted by Gasteiger charge is -2.25. The maximum absolute atomic E-state index is 15.0. The van der Waals surface area contributed by atoms with Gasteiger partial charge < -0.3 is 115 Å². The molecular formula is C100H138N20O10. The minimum Gasteiger partial charge on any atom is -0.493 e. The Bertz CT molecular complexity index is 4730. The maximum atomic E-state index is 15.0. The zero-order valence-corrected chi connectivity index (χ0v) is 77.2. The average Bonchev–Trinajstić information content (AvgIpc) is 0.772. The molecule has 0 spiro atoms. The van der Waals surface area contributed by atoms with Crippen molar-refractivity contribution in [2.24, 2.45) is 34.4 Å². The number of amides is 2. The van der Waals surface area contributed by atoms with E-state index in [0.717, 1.165) is 192 Å². The minimum atomic E-state index is -0.289. The Morgan fingerprint density at radius 1 is 0.215 bits per heavy atom. The molecule has 16 bridgehead atoms. The monoisotopic (exact) mass is 1780 g/mol. The fraction of sp³-hybridized carbons (Fsp3) is 0.440. The third kappa shape index (κ3) is 29.1. The number of ether oxygens (including phenoxy) is 8. The Hall–Kier alpha value is -13.3. The van der Waals surface area contributed by atoms with Crippen molar-refractivity contribution in [1.82, 2.24) is 0 Å². The molecule has 130 heavy (non-hydrogen) atoms. The van der Waals surface area contributed by atoms with Gasteiger partial charge in [-0.1, -0.05) is 107 Å². The molecule has 10 rings (SSSR count). The number of anilines is 8. The van der Waals surface area contributed by atoms with Gasteiger partial charge in [0.15, 0.2) is 35.8 Å². The predicted octanol–water partition coefficient (Wildman–Crippen LogP) is 18.4. The number of rotatable bonds is 45. The second kappa shape index (κ2) is 49.9. The largest absolute Gasteiger partial charge is 0.493 e. The number of benzene rings is 8. The van der Waals surface area contributed by atoms with Crippen molar-refractivity contribution in [3.05, 3.63) is 186 Å². The summed E-state index contributed by atoms with van der Waals surface area (Å²) in [4.78, 5) is 29.9. The fourth-order valence-electron chi connectivity index (χ4n) is 16.3. The second-order valence-corrected chi connectivity index (χ2v) is 33.6. The third-order valence-electron chi connectivity index (χ3n) is 22.2. The van der Waals surface area contributed by atoms with Gasteiger partial charge in [-0.2, -0.15) is 0 Å². The molecule has 8 aromatic rings. The van der Waals surface area contributed by atoms with E-state index in [1.165, 1.54) is 0 Å². The van der Waals surface area contributed by atoms with E-state index in [4.69, 9.17) is 105 Å². The molecule has 0 atom stereocenters. The van der Waals surface area contributed by atoms with E-state index in [0.29, 0.717) is 157 Å². The lowest BCUT2D eigenvalue weighted by atomic mass is 9.90. The molecule has 0 aliphatic heterocycles. The lowest BCUT2D eigenvalue weighted by Crippen LogP contribution is -2.21. The van der Waals surface area contributed by atoms with Crippen molar-refractivity contribution in [1.29, 1.82) is 32.5 Å². The molecule has 2 aliphatic rings. The maximum Gasteiger partial charge on any atom is 0.224 e. The highest BCUT2D eigenvalue weighted by atomic mass is 16.5. The zero-order valence-electron chi connectivity index (χ0n) is 77.2. The summed E-state index contributed by atoms with van der Waals surface area (Å²) in [5.41, 5.74) is 53.3. The van der Waals surface area contributed by atoms with Gasteiger partial charge in [0.2, 0.25) is 11.8 Å². The summed E-state index contributed by atoms with van der Waals surface area (Å²) < 4.78 is 55.9. The van der Waals surface area contributed by atoms with E-state index >= 15 is 0 Å². The second-order valence-electron chi connectivity index (χ2n) is 33.6. The van der Waals surface area contributed by atoms with Gasteiger partial charge in [0.25, 0.3) is 0 Å². The van der Waals surface area contributed by atoms with Crippen molar-refractivity contribution < 1.29 is 47.5 Å². The molecule has 26 N–H and O–H groups in total. The van der Waals surface area contributed by atoms with Crippen LogP contribution in [0.5, 0.6) is 46.0 Å². The molecule has 0 aromatic heterocycles. The summed E-state index contributed by atoms with van der Waals surface area (Å²) >= 11 is 0. The number of nitrogens with one attached hydrogen (secondary N) is 14. The fourth-order valence-corrected chi connectivity index (χ4v) is 16.3. The molecule has 0 saturated carbocycles. The number of hydrogen-bond donors (Lipinski definition) is 20. The minimum absolute atomic E-state index is 0.0483. The molecule has 30 heteroatoms. The van der Waals surface area contributed by atoms with Gasteiger partial charge in [-0.3, -0.25) is 42.0 Å². The smallest absolute Gasteiger partial charge is 0.224 e. The molecule has 30 nitrogen and oxygen atoms in total. The molecule has 2 aliphatic carbocycles. The highest BCUT2D eigenvalue weighted by Gasteiger charge is 2.30. The van der Waals surface area contributed by atoms with E-state index in [1.54, 1.807) is 0 Å². The van der Waals surface area contributed by atoms with Crippen LogP contribution in [0.15, 0.2) is 97.1 Å². The quantitative estimate of drug-likeness (QED) is 0.00957. The highest BCUT2D eigenvalue weighted by Crippen LogP contribution is 2.47. The third-order valence-corrected chi connectivity index (χ3v) is 22.2. The van der Waals surface area contributed by atoms with Crippen LogP contribution in [0.2, 0.25) is 0 Å². The SMILES string of the molecule is CCCCOc1c2cc(NC(=N)N)cc1Cc1cc(NC(=N)N)cc(c1OCCCC)Cc1cc(NC(=O)CCCCC(=O)Nc3cc4c(OCCCC)c(c3)Cc3cc(NC(=N)N)cc(c3OCCCC)Cc3cc(NC(=N)N)cc(c3OCCCC)Cc3cc(NC(=N)N)cc(c3OCCCC)C4)cc(c1OCCCC)Cc1cc(NC(=N)N)cc(c1OCCCC)C2. The van der Waals surface area contributed by atoms with E-state index in [2.05, 4.69) is 97.9 Å². The predicted molar refractivity (Wildman–Crippen MR) is 526 cm³/mol. The average molecular weight is 1780 g/mol. The summed E-state index contributed by atoms with van der Waals surface area (Å²) in [5.74, 6) is 2.73. The van der Waals surface area contributed by atoms with Crippen LogP contribution in [0.1, 0.15) is 273 Å². The van der Waals surface area contributed by atoms with Crippen LogP contribution >= 0.6 is 0 Å². The van der Waals surface area contributed by atoms with Gasteiger partial charge in [-0.05, 0) is 161 Å². The van der Waals surface area contributed by atoms with E-state index < -0.39 is 0 Å². The number of carbonyl (C=O) groups is 2. The standard InChI is InChI=1S/C100H138N20O10/c1-9-17-29-123-87-61-37-65-49-79(115-95(101)102)53-69(89(65)125-31-19-11-3)41-73-57-83(119-99(109)110)58-74(93(73)129-35-23-15-7)42-70-54-80(116-96(103)104)50-66(90(70)126-32-20-12-4)38-62(87)46-77(45-61)113-85(121)27-25-26-28-86(122)114-78-47-63-39-67-51-81(117-97(105)106)55-71(91(67)127-33-21-13-5)43-75-59-84(120-100(111)112)60-76(94(75)130-36-24-16-8)44-72-56-82(118-98(107)108)52-68(92(72)128-34-22-14-6)40-64(48-78)88(63)124-30-18-10-2/h45-60H,9-44H2,1-8H3,(H,113,121)(H,114,122)(H4,101,102,115)(H4,103,104,116)(H4,105,106,117)(H4,107,108,118)(H4,109,110,119)(H4,111,112,120). The van der Waals surface area contributed by atoms with Crippen LogP contribution in [-0.4, -0.2) is 100 Å². The molecule has 698 valence electrons. The molecule has 0 radical (unpaired) electrons. The number of nitrogens with two attached hydrogens (primary N) is 6. The van der Waals surface area contributed by atoms with Gasteiger partial charge in [0.05, 0.1) is 52.9 Å². The van der Waals surface area contributed by atoms with Gasteiger partial charge >= 0.3 is 0 Å². The number of fused-ring (bicyclic) bond motifs is 16. The van der Waals surface area contributed by atoms with Gasteiger partial charge in [0.1, 0.15) is 46.0 Å². The van der Waals surface area contributed by atoms with Crippen LogP contribution in [0.3, 0.4) is 0 Å². The summed E-state index contributed by atoms with van der Waals surface area (Å²) in [7, 11) is 0. The normalized spacial score (nSPS) is 12.0. The van der Waals surface area contributed by atoms with Gasteiger partial charge in [0, 0.05) is 199 Å². The van der Waals surface area contributed by atoms with E-state index in [-0.39, 0.29) is 112 Å². The molecule has 8 aromatic carbocycles. The molecular weight excluding hydrogens is 1640 g/mol. The Kier molecular flexibility index (Phi) is 37.9. The Balaban J connectivity index is 1.07. The Labute approximate surface area is 766 Å². The van der Waals surface area contributed by atoms with Crippen LogP contribution in [0.25, 0.3) is 0 Å². The van der Waals surface area contributed by atoms with Crippen LogP contribution < -0.4 is 115 Å². The summed E-state index contributed by atoms with van der Waals surface area (Å²) in [5, 5.41) is 76.3. The summed E-state index contributed by atoms with van der Waals surface area (Å²) in [6.07, 6.45) is 15.5. The first-order chi connectivity index (χ1) is 62.8. The number of unbranched alkanes of at least 4 members (excludes halogenated alkanes) is 9. The van der Waals surface area contributed by atoms with Crippen molar-refractivity contribution >= 4 is 93.1 Å². The molecule has 0 heterocycles. The van der Waals surface area contributed by atoms with Crippen LogP contribution in [0.4, 0.5) is 45.5 Å². The Morgan fingerprint density at radius 2 is 0.331 bits per heavy atom. The summed E-state index contributed by atoms with van der Waals surface area (Å²) in [6, 6.07) is 31.1. The van der Waals surface area contributed by atoms with Crippen molar-refractivity contribution in [3.63, 3.8) is 0 Å². The van der Waals surface area contributed by atoms with Crippen molar-refractivity contribution in [2.45, 2.75) is 235 Å². The zero-order chi connectivity index (χ0) is 93.2.